The van der Waals surface area contributed by atoms with Crippen LogP contribution in [0.3, 0.4) is 0 Å². The van der Waals surface area contributed by atoms with E-state index in [1.54, 1.807) is 18.2 Å². The van der Waals surface area contributed by atoms with Gasteiger partial charge in [0.2, 0.25) is 0 Å². The number of nitrogens with one attached hydrogen (secondary N) is 1. The first-order chi connectivity index (χ1) is 9.25. The Morgan fingerprint density at radius 3 is 2.47 bits per heavy atom. The second kappa shape index (κ2) is 4.69. The summed E-state index contributed by atoms with van der Waals surface area (Å²) in [4.78, 5) is 23.9. The monoisotopic (exact) mass is 251 g/mol. The van der Waals surface area contributed by atoms with Crippen molar-refractivity contribution in [3.8, 4) is 0 Å². The van der Waals surface area contributed by atoms with Gasteiger partial charge in [-0.05, 0) is 11.6 Å². The zero-order valence-corrected chi connectivity index (χ0v) is 10.3. The predicted octanol–water partition coefficient (Wildman–Crippen LogP) is 2.74. The molecule has 3 nitrogen and oxygen atoms in total. The van der Waals surface area contributed by atoms with Crippen LogP contribution < -0.4 is 5.32 Å². The van der Waals surface area contributed by atoms with Crippen LogP contribution in [0.4, 0.5) is 0 Å². The summed E-state index contributed by atoms with van der Waals surface area (Å²) < 4.78 is 0. The first-order valence-electron chi connectivity index (χ1n) is 6.24. The van der Waals surface area contributed by atoms with Gasteiger partial charge >= 0.3 is 0 Å². The Labute approximate surface area is 111 Å². The first-order valence-corrected chi connectivity index (χ1v) is 6.24. The van der Waals surface area contributed by atoms with E-state index in [-0.39, 0.29) is 17.7 Å². The summed E-state index contributed by atoms with van der Waals surface area (Å²) in [6, 6.07) is 16.4. The molecule has 0 saturated heterocycles. The number of Topliss-reactive ketones (excluding diaryl/α,β-unsaturated/α-hetero) is 1. The van der Waals surface area contributed by atoms with E-state index in [4.69, 9.17) is 0 Å². The van der Waals surface area contributed by atoms with Crippen molar-refractivity contribution in [1.29, 1.82) is 0 Å². The Morgan fingerprint density at radius 2 is 1.68 bits per heavy atom. The van der Waals surface area contributed by atoms with Crippen LogP contribution in [0.5, 0.6) is 0 Å². The molecule has 2 aromatic rings. The van der Waals surface area contributed by atoms with Crippen LogP contribution >= 0.6 is 0 Å². The fourth-order valence-corrected chi connectivity index (χ4v) is 2.41. The number of carbonyl (C=O) groups excluding carboxylic acids is 2. The zero-order chi connectivity index (χ0) is 13.2. The molecular weight excluding hydrogens is 238 g/mol. The van der Waals surface area contributed by atoms with Crippen LogP contribution in [0.25, 0.3) is 0 Å². The Balaban J connectivity index is 1.83. The summed E-state index contributed by atoms with van der Waals surface area (Å²) in [7, 11) is 0. The summed E-state index contributed by atoms with van der Waals surface area (Å²) in [5.41, 5.74) is 2.27. The molecule has 1 unspecified atom stereocenters. The molecule has 0 spiro atoms. The highest BCUT2D eigenvalue weighted by Crippen LogP contribution is 2.28. The fraction of sp³-hybridized carbons (Fsp3) is 0.125. The van der Waals surface area contributed by atoms with Crippen LogP contribution in [-0.4, -0.2) is 11.7 Å². The van der Waals surface area contributed by atoms with Crippen LogP contribution in [0.15, 0.2) is 54.6 Å². The predicted molar refractivity (Wildman–Crippen MR) is 72.0 cm³/mol. The van der Waals surface area contributed by atoms with Crippen molar-refractivity contribution in [3.05, 3.63) is 71.3 Å². The number of fused-ring (bicyclic) bond motifs is 1. The number of hydrogen-bond donors (Lipinski definition) is 1. The van der Waals surface area contributed by atoms with Crippen LogP contribution in [0, 0.1) is 0 Å². The maximum Gasteiger partial charge on any atom is 0.252 e. The zero-order valence-electron chi connectivity index (χ0n) is 10.3. The van der Waals surface area contributed by atoms with Crippen molar-refractivity contribution in [1.82, 2.24) is 5.32 Å². The van der Waals surface area contributed by atoms with Gasteiger partial charge in [-0.1, -0.05) is 48.5 Å². The molecule has 1 aliphatic heterocycles. The van der Waals surface area contributed by atoms with Gasteiger partial charge in [-0.2, -0.15) is 0 Å². The molecular formula is C16H13NO2. The smallest absolute Gasteiger partial charge is 0.252 e. The molecule has 3 heteroatoms. The van der Waals surface area contributed by atoms with E-state index in [2.05, 4.69) is 5.32 Å². The van der Waals surface area contributed by atoms with Gasteiger partial charge in [0.15, 0.2) is 5.78 Å². The molecule has 0 fully saturated rings. The van der Waals surface area contributed by atoms with Crippen molar-refractivity contribution >= 4 is 11.7 Å². The minimum atomic E-state index is -0.212. The second-order valence-corrected chi connectivity index (χ2v) is 4.61. The van der Waals surface area contributed by atoms with Gasteiger partial charge in [-0.25, -0.2) is 0 Å². The van der Waals surface area contributed by atoms with Gasteiger partial charge < -0.3 is 5.32 Å². The van der Waals surface area contributed by atoms with Crippen molar-refractivity contribution in [3.63, 3.8) is 0 Å². The van der Waals surface area contributed by atoms with Gasteiger partial charge in [0.05, 0.1) is 6.04 Å². The Bertz CT molecular complexity index is 634. The van der Waals surface area contributed by atoms with E-state index in [0.717, 1.165) is 5.56 Å². The highest BCUT2D eigenvalue weighted by Gasteiger charge is 2.29. The van der Waals surface area contributed by atoms with Crippen LogP contribution in [0.2, 0.25) is 0 Å². The molecule has 0 aliphatic carbocycles. The SMILES string of the molecule is O=C(CC1NC(=O)c2ccccc21)c1ccccc1. The van der Waals surface area contributed by atoms with Gasteiger partial charge in [-0.3, -0.25) is 9.59 Å². The number of hydrogen-bond acceptors (Lipinski definition) is 2. The third-order valence-corrected chi connectivity index (χ3v) is 3.37. The molecule has 1 aliphatic rings. The third-order valence-electron chi connectivity index (χ3n) is 3.37. The fourth-order valence-electron chi connectivity index (χ4n) is 2.41. The average Bonchev–Trinajstić information content (AvgIpc) is 2.77. The maximum absolute atomic E-state index is 12.2. The Hall–Kier alpha value is -2.42. The lowest BCUT2D eigenvalue weighted by atomic mass is 9.98. The van der Waals surface area contributed by atoms with Gasteiger partial charge in [-0.15, -0.1) is 0 Å². The summed E-state index contributed by atoms with van der Waals surface area (Å²) in [5.74, 6) is -0.0518. The lowest BCUT2D eigenvalue weighted by molar-refractivity contribution is 0.0933. The largest absolute Gasteiger partial charge is 0.345 e. The molecule has 0 bridgehead atoms. The van der Waals surface area contributed by atoms with Crippen LogP contribution in [0.1, 0.15) is 38.7 Å². The highest BCUT2D eigenvalue weighted by atomic mass is 16.2. The molecule has 0 radical (unpaired) electrons. The maximum atomic E-state index is 12.2. The molecule has 1 atom stereocenters. The van der Waals surface area contributed by atoms with E-state index >= 15 is 0 Å². The molecule has 94 valence electrons. The molecule has 2 aromatic carbocycles. The normalized spacial score (nSPS) is 16.8. The van der Waals surface area contributed by atoms with Crippen molar-refractivity contribution < 1.29 is 9.59 Å². The van der Waals surface area contributed by atoms with Gasteiger partial charge in [0.1, 0.15) is 0 Å². The molecule has 1 heterocycles. The minimum absolute atomic E-state index is 0.0441. The number of benzene rings is 2. The third kappa shape index (κ3) is 2.15. The van der Waals surface area contributed by atoms with Crippen molar-refractivity contribution in [2.24, 2.45) is 0 Å². The molecule has 1 amide bonds. The molecule has 19 heavy (non-hydrogen) atoms. The lowest BCUT2D eigenvalue weighted by Crippen LogP contribution is -2.21. The minimum Gasteiger partial charge on any atom is -0.345 e. The molecule has 0 saturated carbocycles. The topological polar surface area (TPSA) is 46.2 Å². The number of rotatable bonds is 3. The van der Waals surface area contributed by atoms with Crippen molar-refractivity contribution in [2.75, 3.05) is 0 Å². The molecule has 1 N–H and O–H groups in total. The second-order valence-electron chi connectivity index (χ2n) is 4.61. The summed E-state index contributed by atoms with van der Waals surface area (Å²) in [5, 5.41) is 2.86. The van der Waals surface area contributed by atoms with E-state index in [1.807, 2.05) is 36.4 Å². The lowest BCUT2D eigenvalue weighted by Gasteiger charge is -2.10. The van der Waals surface area contributed by atoms with E-state index in [0.29, 0.717) is 17.5 Å². The first kappa shape index (κ1) is 11.7. The number of amides is 1. The Morgan fingerprint density at radius 1 is 1.00 bits per heavy atom. The molecule has 3 rings (SSSR count). The van der Waals surface area contributed by atoms with Crippen LogP contribution in [-0.2, 0) is 0 Å². The van der Waals surface area contributed by atoms with Gasteiger partial charge in [0, 0.05) is 17.5 Å². The van der Waals surface area contributed by atoms with E-state index in [1.165, 1.54) is 0 Å². The number of ketones is 1. The average molecular weight is 251 g/mol. The van der Waals surface area contributed by atoms with Crippen molar-refractivity contribution in [2.45, 2.75) is 12.5 Å². The van der Waals surface area contributed by atoms with E-state index in [9.17, 15) is 9.59 Å². The standard InChI is InChI=1S/C16H13NO2/c18-15(11-6-2-1-3-7-11)10-14-12-8-4-5-9-13(12)16(19)17-14/h1-9,14H,10H2,(H,17,19). The summed E-state index contributed by atoms with van der Waals surface area (Å²) >= 11 is 0. The van der Waals surface area contributed by atoms with Gasteiger partial charge in [0.25, 0.3) is 5.91 Å². The summed E-state index contributed by atoms with van der Waals surface area (Å²) in [6.45, 7) is 0. The van der Waals surface area contributed by atoms with E-state index < -0.39 is 0 Å². The molecule has 0 aromatic heterocycles. The Kier molecular flexibility index (Phi) is 2.88. The number of carbonyl (C=O) groups is 2. The summed E-state index contributed by atoms with van der Waals surface area (Å²) in [6.07, 6.45) is 0.298. The quantitative estimate of drug-likeness (QED) is 0.852. The highest BCUT2D eigenvalue weighted by molar-refractivity contribution is 6.01.